The van der Waals surface area contributed by atoms with Crippen molar-refractivity contribution < 1.29 is 4.74 Å². The van der Waals surface area contributed by atoms with Crippen LogP contribution in [0.3, 0.4) is 0 Å². The maximum Gasteiger partial charge on any atom is 0.137 e. The van der Waals surface area contributed by atoms with Gasteiger partial charge in [0.1, 0.15) is 17.5 Å². The van der Waals surface area contributed by atoms with Crippen molar-refractivity contribution in [3.8, 4) is 0 Å². The fourth-order valence-corrected chi connectivity index (χ4v) is 2.45. The van der Waals surface area contributed by atoms with Crippen LogP contribution in [0.4, 0.5) is 11.6 Å². The lowest BCUT2D eigenvalue weighted by molar-refractivity contribution is 0.0853. The third-order valence-corrected chi connectivity index (χ3v) is 3.54. The van der Waals surface area contributed by atoms with E-state index in [4.69, 9.17) is 4.74 Å². The summed E-state index contributed by atoms with van der Waals surface area (Å²) in [5.74, 6) is 2.74. The van der Waals surface area contributed by atoms with Gasteiger partial charge < -0.3 is 15.0 Å². The van der Waals surface area contributed by atoms with Crippen molar-refractivity contribution in [2.24, 2.45) is 0 Å². The van der Waals surface area contributed by atoms with Crippen LogP contribution in [0.1, 0.15) is 24.2 Å². The minimum absolute atomic E-state index is 0.511. The van der Waals surface area contributed by atoms with Crippen LogP contribution in [0, 0.1) is 13.8 Å². The molecule has 0 saturated carbocycles. The summed E-state index contributed by atoms with van der Waals surface area (Å²) in [6.45, 7) is 5.69. The van der Waals surface area contributed by atoms with Gasteiger partial charge in [-0.3, -0.25) is 0 Å². The summed E-state index contributed by atoms with van der Waals surface area (Å²) >= 11 is 0. The van der Waals surface area contributed by atoms with Crippen LogP contribution in [0.5, 0.6) is 0 Å². The third kappa shape index (κ3) is 2.56. The fraction of sp³-hybridized carbons (Fsp3) is 0.692. The zero-order valence-corrected chi connectivity index (χ0v) is 11.7. The molecule has 100 valence electrons. The molecule has 1 aromatic rings. The van der Waals surface area contributed by atoms with Crippen LogP contribution in [-0.4, -0.2) is 43.3 Å². The molecular weight excluding hydrogens is 228 g/mol. The van der Waals surface area contributed by atoms with E-state index in [-0.39, 0.29) is 0 Å². The molecule has 0 bridgehead atoms. The van der Waals surface area contributed by atoms with Crippen LogP contribution in [0.2, 0.25) is 0 Å². The minimum atomic E-state index is 0.511. The van der Waals surface area contributed by atoms with E-state index in [0.29, 0.717) is 6.04 Å². The second kappa shape index (κ2) is 5.52. The van der Waals surface area contributed by atoms with Gasteiger partial charge in [-0.25, -0.2) is 9.97 Å². The van der Waals surface area contributed by atoms with Crippen LogP contribution < -0.4 is 10.2 Å². The number of aromatic nitrogens is 2. The number of nitrogens with one attached hydrogen (secondary N) is 1. The average Bonchev–Trinajstić information content (AvgIpc) is 2.41. The smallest absolute Gasteiger partial charge is 0.137 e. The molecule has 1 aromatic heterocycles. The number of hydrogen-bond acceptors (Lipinski definition) is 5. The maximum atomic E-state index is 5.41. The van der Waals surface area contributed by atoms with Gasteiger partial charge in [-0.15, -0.1) is 0 Å². The summed E-state index contributed by atoms with van der Waals surface area (Å²) < 4.78 is 5.41. The average molecular weight is 250 g/mol. The summed E-state index contributed by atoms with van der Waals surface area (Å²) in [5.41, 5.74) is 1.11. The standard InChI is InChI=1S/C13H22N4O/c1-9-12(14-3)15-10(2)16-13(9)17(4)11-5-7-18-8-6-11/h11H,5-8H2,1-4H3,(H,14,15,16). The van der Waals surface area contributed by atoms with Gasteiger partial charge in [0.25, 0.3) is 0 Å². The molecule has 1 aliphatic heterocycles. The molecule has 0 amide bonds. The van der Waals surface area contributed by atoms with Gasteiger partial charge in [0.15, 0.2) is 0 Å². The minimum Gasteiger partial charge on any atom is -0.381 e. The highest BCUT2D eigenvalue weighted by molar-refractivity contribution is 5.58. The van der Waals surface area contributed by atoms with Crippen molar-refractivity contribution in [1.29, 1.82) is 0 Å². The van der Waals surface area contributed by atoms with E-state index in [1.807, 2.05) is 14.0 Å². The summed E-state index contributed by atoms with van der Waals surface area (Å²) in [6.07, 6.45) is 2.13. The van der Waals surface area contributed by atoms with Crippen LogP contribution in [-0.2, 0) is 4.74 Å². The first-order valence-corrected chi connectivity index (χ1v) is 6.47. The molecule has 1 N–H and O–H groups in total. The van der Waals surface area contributed by atoms with E-state index in [0.717, 1.165) is 49.1 Å². The van der Waals surface area contributed by atoms with Gasteiger partial charge in [-0.05, 0) is 26.7 Å². The van der Waals surface area contributed by atoms with E-state index in [2.05, 4.69) is 34.2 Å². The third-order valence-electron chi connectivity index (χ3n) is 3.54. The van der Waals surface area contributed by atoms with Crippen LogP contribution in [0.15, 0.2) is 0 Å². The largest absolute Gasteiger partial charge is 0.381 e. The lowest BCUT2D eigenvalue weighted by atomic mass is 10.1. The first-order chi connectivity index (χ1) is 8.63. The summed E-state index contributed by atoms with van der Waals surface area (Å²) in [4.78, 5) is 11.3. The number of hydrogen-bond donors (Lipinski definition) is 1. The molecule has 0 spiro atoms. The highest BCUT2D eigenvalue weighted by Crippen LogP contribution is 2.26. The number of aryl methyl sites for hydroxylation is 1. The number of nitrogens with zero attached hydrogens (tertiary/aromatic N) is 3. The highest BCUT2D eigenvalue weighted by atomic mass is 16.5. The molecule has 18 heavy (non-hydrogen) atoms. The van der Waals surface area contributed by atoms with Gasteiger partial charge in [-0.1, -0.05) is 0 Å². The molecule has 0 atom stereocenters. The zero-order chi connectivity index (χ0) is 13.1. The van der Waals surface area contributed by atoms with Crippen molar-refractivity contribution in [2.45, 2.75) is 32.7 Å². The van der Waals surface area contributed by atoms with Crippen molar-refractivity contribution >= 4 is 11.6 Å². The molecule has 1 fully saturated rings. The molecular formula is C13H22N4O. The summed E-state index contributed by atoms with van der Waals surface area (Å²) in [6, 6.07) is 0.511. The lowest BCUT2D eigenvalue weighted by Gasteiger charge is -2.33. The Balaban J connectivity index is 2.28. The first-order valence-electron chi connectivity index (χ1n) is 6.47. The molecule has 0 aliphatic carbocycles. The van der Waals surface area contributed by atoms with Crippen LogP contribution >= 0.6 is 0 Å². The molecule has 0 aromatic carbocycles. The summed E-state index contributed by atoms with van der Waals surface area (Å²) in [7, 11) is 4.01. The second-order valence-electron chi connectivity index (χ2n) is 4.77. The van der Waals surface area contributed by atoms with E-state index >= 15 is 0 Å². The Morgan fingerprint density at radius 2 is 1.89 bits per heavy atom. The molecule has 0 unspecified atom stereocenters. The van der Waals surface area contributed by atoms with Crippen molar-refractivity contribution in [1.82, 2.24) is 9.97 Å². The Morgan fingerprint density at radius 1 is 1.22 bits per heavy atom. The SMILES string of the molecule is CNc1nc(C)nc(N(C)C2CCOCC2)c1C. The predicted molar refractivity (Wildman–Crippen MR) is 73.3 cm³/mol. The first kappa shape index (κ1) is 13.1. The van der Waals surface area contributed by atoms with Gasteiger partial charge in [0.2, 0.25) is 0 Å². The molecule has 0 radical (unpaired) electrons. The Labute approximate surface area is 109 Å². The van der Waals surface area contributed by atoms with Crippen molar-refractivity contribution in [3.63, 3.8) is 0 Å². The van der Waals surface area contributed by atoms with E-state index in [1.54, 1.807) is 0 Å². The lowest BCUT2D eigenvalue weighted by Crippen LogP contribution is -2.37. The molecule has 5 nitrogen and oxygen atoms in total. The normalized spacial score (nSPS) is 16.7. The van der Waals surface area contributed by atoms with E-state index < -0.39 is 0 Å². The fourth-order valence-electron chi connectivity index (χ4n) is 2.45. The molecule has 5 heteroatoms. The zero-order valence-electron chi connectivity index (χ0n) is 11.7. The topological polar surface area (TPSA) is 50.3 Å². The quantitative estimate of drug-likeness (QED) is 0.885. The van der Waals surface area contributed by atoms with Crippen molar-refractivity contribution in [2.75, 3.05) is 37.5 Å². The Morgan fingerprint density at radius 3 is 2.50 bits per heavy atom. The summed E-state index contributed by atoms with van der Waals surface area (Å²) in [5, 5.41) is 3.13. The van der Waals surface area contributed by atoms with E-state index in [1.165, 1.54) is 0 Å². The van der Waals surface area contributed by atoms with Gasteiger partial charge in [0, 0.05) is 38.9 Å². The molecule has 1 aliphatic rings. The van der Waals surface area contributed by atoms with Gasteiger partial charge >= 0.3 is 0 Å². The van der Waals surface area contributed by atoms with Gasteiger partial charge in [-0.2, -0.15) is 0 Å². The van der Waals surface area contributed by atoms with Crippen molar-refractivity contribution in [3.05, 3.63) is 11.4 Å². The maximum absolute atomic E-state index is 5.41. The molecule has 2 heterocycles. The highest BCUT2D eigenvalue weighted by Gasteiger charge is 2.22. The Kier molecular flexibility index (Phi) is 4.01. The second-order valence-corrected chi connectivity index (χ2v) is 4.77. The number of ether oxygens (including phenoxy) is 1. The number of anilines is 2. The van der Waals surface area contributed by atoms with Gasteiger partial charge in [0.05, 0.1) is 0 Å². The monoisotopic (exact) mass is 250 g/mol. The predicted octanol–water partition coefficient (Wildman–Crippen LogP) is 1.75. The van der Waals surface area contributed by atoms with E-state index in [9.17, 15) is 0 Å². The molecule has 2 rings (SSSR count). The number of rotatable bonds is 3. The Bertz CT molecular complexity index is 416. The Hall–Kier alpha value is -1.36. The molecule has 1 saturated heterocycles. The van der Waals surface area contributed by atoms with Crippen LogP contribution in [0.25, 0.3) is 0 Å².